The highest BCUT2D eigenvalue weighted by Gasteiger charge is 2.28. The number of unbranched alkanes of at least 4 members (excludes halogenated alkanes) is 1. The Morgan fingerprint density at radius 2 is 2.17 bits per heavy atom. The van der Waals surface area contributed by atoms with Gasteiger partial charge in [0.2, 0.25) is 0 Å². The van der Waals surface area contributed by atoms with Gasteiger partial charge in [-0.25, -0.2) is 0 Å². The van der Waals surface area contributed by atoms with Crippen LogP contribution in [0.5, 0.6) is 0 Å². The van der Waals surface area contributed by atoms with Gasteiger partial charge in [0, 0.05) is 20.2 Å². The third kappa shape index (κ3) is 4.55. The highest BCUT2D eigenvalue weighted by atomic mass is 16.5. The molecule has 5 nitrogen and oxygen atoms in total. The minimum atomic E-state index is -0.852. The highest BCUT2D eigenvalue weighted by molar-refractivity contribution is 5.79. The average molecular weight is 258 g/mol. The first-order chi connectivity index (χ1) is 8.49. The standard InChI is InChI=1S/C13H26N2O3/c1-13(14,12(16)18-3)7-4-5-8-15-9-6-11(10-15)17-2/h11H,4-10,14H2,1-3H3. The number of carbonyl (C=O) groups is 1. The van der Waals surface area contributed by atoms with Crippen LogP contribution in [0.2, 0.25) is 0 Å². The lowest BCUT2D eigenvalue weighted by Gasteiger charge is -2.22. The van der Waals surface area contributed by atoms with E-state index in [1.54, 1.807) is 14.0 Å². The van der Waals surface area contributed by atoms with Crippen LogP contribution in [0.4, 0.5) is 0 Å². The molecule has 1 fully saturated rings. The smallest absolute Gasteiger partial charge is 0.325 e. The van der Waals surface area contributed by atoms with Gasteiger partial charge in [-0.1, -0.05) is 0 Å². The summed E-state index contributed by atoms with van der Waals surface area (Å²) in [5.74, 6) is -0.330. The van der Waals surface area contributed by atoms with Gasteiger partial charge in [-0.3, -0.25) is 4.79 Å². The lowest BCUT2D eigenvalue weighted by Crippen LogP contribution is -2.45. The van der Waals surface area contributed by atoms with Crippen molar-refractivity contribution < 1.29 is 14.3 Å². The van der Waals surface area contributed by atoms with E-state index >= 15 is 0 Å². The summed E-state index contributed by atoms with van der Waals surface area (Å²) in [4.78, 5) is 13.8. The molecule has 0 spiro atoms. The van der Waals surface area contributed by atoms with E-state index in [4.69, 9.17) is 10.5 Å². The second-order valence-corrected chi connectivity index (χ2v) is 5.31. The maximum absolute atomic E-state index is 11.4. The third-order valence-electron chi connectivity index (χ3n) is 3.63. The lowest BCUT2D eigenvalue weighted by atomic mass is 9.96. The van der Waals surface area contributed by atoms with Crippen LogP contribution in [0.1, 0.15) is 32.6 Å². The van der Waals surface area contributed by atoms with E-state index in [9.17, 15) is 4.79 Å². The van der Waals surface area contributed by atoms with E-state index in [-0.39, 0.29) is 5.97 Å². The SMILES string of the molecule is COC(=O)C(C)(N)CCCCN1CCC(OC)C1. The molecular weight excluding hydrogens is 232 g/mol. The summed E-state index contributed by atoms with van der Waals surface area (Å²) in [6.07, 6.45) is 4.17. The molecule has 0 bridgehead atoms. The number of hydrogen-bond donors (Lipinski definition) is 1. The Hall–Kier alpha value is -0.650. The molecular formula is C13H26N2O3. The predicted octanol–water partition coefficient (Wildman–Crippen LogP) is 0.768. The zero-order valence-electron chi connectivity index (χ0n) is 11.8. The van der Waals surface area contributed by atoms with Crippen molar-refractivity contribution in [2.45, 2.75) is 44.2 Å². The van der Waals surface area contributed by atoms with Gasteiger partial charge in [0.15, 0.2) is 0 Å². The number of nitrogens with two attached hydrogens (primary N) is 1. The van der Waals surface area contributed by atoms with E-state index in [0.717, 1.165) is 38.9 Å². The third-order valence-corrected chi connectivity index (χ3v) is 3.63. The van der Waals surface area contributed by atoms with Crippen LogP contribution in [-0.2, 0) is 14.3 Å². The van der Waals surface area contributed by atoms with Gasteiger partial charge in [-0.15, -0.1) is 0 Å². The molecule has 0 radical (unpaired) electrons. The Bertz CT molecular complexity index is 269. The molecule has 0 aliphatic carbocycles. The quantitative estimate of drug-likeness (QED) is 0.540. The molecule has 0 aromatic heterocycles. The number of esters is 1. The van der Waals surface area contributed by atoms with Gasteiger partial charge in [-0.05, 0) is 39.2 Å². The largest absolute Gasteiger partial charge is 0.468 e. The minimum absolute atomic E-state index is 0.330. The number of carbonyl (C=O) groups excluding carboxylic acids is 1. The fraction of sp³-hybridized carbons (Fsp3) is 0.923. The molecule has 1 saturated heterocycles. The molecule has 1 heterocycles. The summed E-state index contributed by atoms with van der Waals surface area (Å²) in [5.41, 5.74) is 5.05. The van der Waals surface area contributed by atoms with Crippen LogP contribution in [0.3, 0.4) is 0 Å². The van der Waals surface area contributed by atoms with Crippen LogP contribution < -0.4 is 5.73 Å². The van der Waals surface area contributed by atoms with Crippen molar-refractivity contribution in [3.8, 4) is 0 Å². The molecule has 0 amide bonds. The summed E-state index contributed by atoms with van der Waals surface area (Å²) in [5, 5.41) is 0. The Balaban J connectivity index is 2.14. The number of likely N-dealkylation sites (tertiary alicyclic amines) is 1. The monoisotopic (exact) mass is 258 g/mol. The molecule has 18 heavy (non-hydrogen) atoms. The van der Waals surface area contributed by atoms with Gasteiger partial charge >= 0.3 is 5.97 Å². The molecule has 1 aliphatic heterocycles. The molecule has 0 aromatic carbocycles. The van der Waals surface area contributed by atoms with Gasteiger partial charge in [-0.2, -0.15) is 0 Å². The first-order valence-electron chi connectivity index (χ1n) is 6.62. The van der Waals surface area contributed by atoms with E-state index in [1.807, 2.05) is 0 Å². The van der Waals surface area contributed by atoms with Crippen LogP contribution >= 0.6 is 0 Å². The first kappa shape index (κ1) is 15.4. The molecule has 0 aromatic rings. The molecule has 106 valence electrons. The zero-order valence-corrected chi connectivity index (χ0v) is 11.8. The second-order valence-electron chi connectivity index (χ2n) is 5.31. The minimum Gasteiger partial charge on any atom is -0.468 e. The highest BCUT2D eigenvalue weighted by Crippen LogP contribution is 2.15. The van der Waals surface area contributed by atoms with Crippen molar-refractivity contribution in [3.63, 3.8) is 0 Å². The number of nitrogens with zero attached hydrogens (tertiary/aromatic N) is 1. The van der Waals surface area contributed by atoms with Crippen LogP contribution in [0.25, 0.3) is 0 Å². The summed E-state index contributed by atoms with van der Waals surface area (Å²) in [7, 11) is 3.15. The van der Waals surface area contributed by atoms with Crippen molar-refractivity contribution in [2.24, 2.45) is 5.73 Å². The van der Waals surface area contributed by atoms with Gasteiger partial charge in [0.05, 0.1) is 13.2 Å². The normalized spacial score (nSPS) is 23.9. The Labute approximate surface area is 110 Å². The average Bonchev–Trinajstić information content (AvgIpc) is 2.81. The van der Waals surface area contributed by atoms with Crippen molar-refractivity contribution in [3.05, 3.63) is 0 Å². The van der Waals surface area contributed by atoms with Crippen LogP contribution in [0.15, 0.2) is 0 Å². The van der Waals surface area contributed by atoms with Crippen LogP contribution in [0, 0.1) is 0 Å². The second kappa shape index (κ2) is 7.07. The van der Waals surface area contributed by atoms with E-state index in [0.29, 0.717) is 12.5 Å². The molecule has 2 unspecified atom stereocenters. The predicted molar refractivity (Wildman–Crippen MR) is 70.3 cm³/mol. The summed E-state index contributed by atoms with van der Waals surface area (Å²) in [6.45, 7) is 4.91. The van der Waals surface area contributed by atoms with Crippen molar-refractivity contribution in [2.75, 3.05) is 33.9 Å². The number of ether oxygens (including phenoxy) is 2. The maximum atomic E-state index is 11.4. The molecule has 2 N–H and O–H groups in total. The molecule has 1 rings (SSSR count). The Morgan fingerprint density at radius 3 is 2.72 bits per heavy atom. The van der Waals surface area contributed by atoms with Gasteiger partial charge < -0.3 is 20.1 Å². The molecule has 2 atom stereocenters. The first-order valence-corrected chi connectivity index (χ1v) is 6.62. The summed E-state index contributed by atoms with van der Waals surface area (Å²) in [6, 6.07) is 0. The van der Waals surface area contributed by atoms with Crippen molar-refractivity contribution in [1.82, 2.24) is 4.90 Å². The molecule has 0 saturated carbocycles. The number of methoxy groups -OCH3 is 2. The molecule has 5 heteroatoms. The Morgan fingerprint density at radius 1 is 1.44 bits per heavy atom. The van der Waals surface area contributed by atoms with Gasteiger partial charge in [0.25, 0.3) is 0 Å². The van der Waals surface area contributed by atoms with Crippen molar-refractivity contribution in [1.29, 1.82) is 0 Å². The fourth-order valence-electron chi connectivity index (χ4n) is 2.36. The Kier molecular flexibility index (Phi) is 6.05. The summed E-state index contributed by atoms with van der Waals surface area (Å²) >= 11 is 0. The topological polar surface area (TPSA) is 64.8 Å². The zero-order chi connectivity index (χ0) is 13.6. The van der Waals surface area contributed by atoms with Crippen LogP contribution in [-0.4, -0.2) is 56.4 Å². The fourth-order valence-corrected chi connectivity index (χ4v) is 2.36. The van der Waals surface area contributed by atoms with Crippen molar-refractivity contribution >= 4 is 5.97 Å². The van der Waals surface area contributed by atoms with Gasteiger partial charge in [0.1, 0.15) is 5.54 Å². The van der Waals surface area contributed by atoms with E-state index in [1.165, 1.54) is 7.11 Å². The molecule has 1 aliphatic rings. The van der Waals surface area contributed by atoms with E-state index in [2.05, 4.69) is 9.64 Å². The maximum Gasteiger partial charge on any atom is 0.325 e. The van der Waals surface area contributed by atoms with E-state index < -0.39 is 5.54 Å². The summed E-state index contributed by atoms with van der Waals surface area (Å²) < 4.78 is 10.0. The lowest BCUT2D eigenvalue weighted by molar-refractivity contribution is -0.146. The number of hydrogen-bond acceptors (Lipinski definition) is 5. The number of rotatable bonds is 7.